The van der Waals surface area contributed by atoms with Crippen LogP contribution in [-0.2, 0) is 11.2 Å². The molecular formula is C22H28FN3O3S. The number of carbonyl (C=O) groups excluding carboxylic acids is 2. The summed E-state index contributed by atoms with van der Waals surface area (Å²) < 4.78 is 19.1. The summed E-state index contributed by atoms with van der Waals surface area (Å²) in [5.41, 5.74) is 1.08. The lowest BCUT2D eigenvalue weighted by atomic mass is 10.0. The zero-order valence-electron chi connectivity index (χ0n) is 17.6. The molecule has 1 N–H and O–H groups in total. The van der Waals surface area contributed by atoms with E-state index in [0.29, 0.717) is 18.8 Å². The fourth-order valence-electron chi connectivity index (χ4n) is 3.56. The number of ether oxygens (including phenoxy) is 1. The van der Waals surface area contributed by atoms with Crippen molar-refractivity contribution in [3.63, 3.8) is 0 Å². The Morgan fingerprint density at radius 1 is 1.30 bits per heavy atom. The Balaban J connectivity index is 1.76. The van der Waals surface area contributed by atoms with Crippen LogP contribution in [-0.4, -0.2) is 54.0 Å². The summed E-state index contributed by atoms with van der Waals surface area (Å²) in [5.74, 6) is 0.118. The number of halogens is 1. The normalized spacial score (nSPS) is 15.6. The van der Waals surface area contributed by atoms with E-state index in [4.69, 9.17) is 4.74 Å². The van der Waals surface area contributed by atoms with Gasteiger partial charge in [-0.3, -0.25) is 4.79 Å². The van der Waals surface area contributed by atoms with Gasteiger partial charge in [-0.15, -0.1) is 11.3 Å². The van der Waals surface area contributed by atoms with E-state index < -0.39 is 0 Å². The Hall–Kier alpha value is -2.61. The van der Waals surface area contributed by atoms with Crippen LogP contribution in [0.1, 0.15) is 37.3 Å². The number of fused-ring (bicyclic) bond motifs is 1. The van der Waals surface area contributed by atoms with Gasteiger partial charge in [-0.25, -0.2) is 9.18 Å². The molecule has 30 heavy (non-hydrogen) atoms. The zero-order valence-corrected chi connectivity index (χ0v) is 18.4. The third-order valence-corrected chi connectivity index (χ3v) is 6.15. The summed E-state index contributed by atoms with van der Waals surface area (Å²) >= 11 is 1.68. The van der Waals surface area contributed by atoms with Gasteiger partial charge in [0.05, 0.1) is 6.04 Å². The first kappa shape index (κ1) is 22.1. The van der Waals surface area contributed by atoms with Gasteiger partial charge in [0.25, 0.3) is 0 Å². The summed E-state index contributed by atoms with van der Waals surface area (Å²) in [7, 11) is 0. The number of thiophene rings is 1. The van der Waals surface area contributed by atoms with Gasteiger partial charge < -0.3 is 19.9 Å². The molecule has 2 aromatic rings. The molecule has 0 aliphatic carbocycles. The molecule has 1 aliphatic rings. The smallest absolute Gasteiger partial charge is 0.318 e. The van der Waals surface area contributed by atoms with E-state index in [-0.39, 0.29) is 43.0 Å². The number of nitrogens with one attached hydrogen (secondary N) is 1. The number of amides is 3. The summed E-state index contributed by atoms with van der Waals surface area (Å²) in [4.78, 5) is 30.2. The molecule has 1 aromatic heterocycles. The van der Waals surface area contributed by atoms with Gasteiger partial charge >= 0.3 is 6.03 Å². The Bertz CT molecular complexity index is 869. The van der Waals surface area contributed by atoms with Crippen molar-refractivity contribution in [2.45, 2.75) is 39.3 Å². The largest absolute Gasteiger partial charge is 0.491 e. The number of benzene rings is 1. The number of carbonyl (C=O) groups is 2. The second-order valence-corrected chi connectivity index (χ2v) is 8.47. The number of rotatable bonds is 7. The van der Waals surface area contributed by atoms with E-state index in [9.17, 15) is 14.0 Å². The van der Waals surface area contributed by atoms with E-state index in [2.05, 4.69) is 5.32 Å². The van der Waals surface area contributed by atoms with Gasteiger partial charge in [0, 0.05) is 24.0 Å². The molecule has 6 nitrogen and oxygen atoms in total. The van der Waals surface area contributed by atoms with Crippen LogP contribution in [0.25, 0.3) is 0 Å². The van der Waals surface area contributed by atoms with Crippen LogP contribution >= 0.6 is 11.3 Å². The van der Waals surface area contributed by atoms with Crippen molar-refractivity contribution in [2.75, 3.05) is 26.2 Å². The highest BCUT2D eigenvalue weighted by atomic mass is 32.1. The van der Waals surface area contributed by atoms with Crippen LogP contribution in [0.5, 0.6) is 5.75 Å². The van der Waals surface area contributed by atoms with Gasteiger partial charge in [0.2, 0.25) is 5.91 Å². The zero-order chi connectivity index (χ0) is 21.7. The maximum absolute atomic E-state index is 13.2. The van der Waals surface area contributed by atoms with E-state index in [1.54, 1.807) is 33.3 Å². The minimum atomic E-state index is -0.323. The Morgan fingerprint density at radius 2 is 2.03 bits per heavy atom. The minimum absolute atomic E-state index is 0.00994. The number of nitrogens with zero attached hydrogens (tertiary/aromatic N) is 2. The Labute approximate surface area is 180 Å². The van der Waals surface area contributed by atoms with Crippen LogP contribution in [0.4, 0.5) is 9.18 Å². The molecule has 1 aromatic carbocycles. The Kier molecular flexibility index (Phi) is 7.31. The highest BCUT2D eigenvalue weighted by Crippen LogP contribution is 2.34. The maximum atomic E-state index is 13.2. The molecule has 3 amide bonds. The molecule has 0 fully saturated rings. The van der Waals surface area contributed by atoms with Gasteiger partial charge in [-0.2, -0.15) is 0 Å². The standard InChI is InChI=1S/C22H28FN3O3S/c1-4-24-22(28)26(15(2)3)13-21(27)25-11-9-20-18(10-12-30-20)19(25)14-29-17-7-5-16(23)6-8-17/h5-8,10,12,15,19H,4,9,11,13-14H2,1-3H3,(H,24,28)/t19-/m0/s1. The topological polar surface area (TPSA) is 61.9 Å². The van der Waals surface area contributed by atoms with Crippen LogP contribution in [0.15, 0.2) is 35.7 Å². The molecule has 0 saturated heterocycles. The third kappa shape index (κ3) is 5.11. The predicted molar refractivity (Wildman–Crippen MR) is 115 cm³/mol. The summed E-state index contributed by atoms with van der Waals surface area (Å²) in [6, 6.07) is 7.29. The second kappa shape index (κ2) is 9.93. The SMILES string of the molecule is CCNC(=O)N(CC(=O)N1CCc2sccc2[C@@H]1COc1ccc(F)cc1)C(C)C. The van der Waals surface area contributed by atoms with E-state index in [1.165, 1.54) is 17.0 Å². The summed E-state index contributed by atoms with van der Waals surface area (Å²) in [5, 5.41) is 4.80. The van der Waals surface area contributed by atoms with Crippen molar-refractivity contribution in [3.8, 4) is 5.75 Å². The summed E-state index contributed by atoms with van der Waals surface area (Å²) in [6.45, 7) is 7.00. The number of urea groups is 1. The predicted octanol–water partition coefficient (Wildman–Crippen LogP) is 3.83. The number of hydrogen-bond donors (Lipinski definition) is 1. The van der Waals surface area contributed by atoms with Gasteiger partial charge in [0.15, 0.2) is 0 Å². The lowest BCUT2D eigenvalue weighted by Crippen LogP contribution is -2.51. The average molecular weight is 434 g/mol. The highest BCUT2D eigenvalue weighted by molar-refractivity contribution is 7.10. The molecule has 162 valence electrons. The molecule has 2 heterocycles. The lowest BCUT2D eigenvalue weighted by molar-refractivity contribution is -0.135. The maximum Gasteiger partial charge on any atom is 0.318 e. The number of hydrogen-bond acceptors (Lipinski definition) is 4. The first-order valence-electron chi connectivity index (χ1n) is 10.2. The van der Waals surface area contributed by atoms with Crippen LogP contribution < -0.4 is 10.1 Å². The second-order valence-electron chi connectivity index (χ2n) is 7.47. The van der Waals surface area contributed by atoms with Crippen LogP contribution in [0.3, 0.4) is 0 Å². The molecular weight excluding hydrogens is 405 g/mol. The average Bonchev–Trinajstić information content (AvgIpc) is 3.20. The van der Waals surface area contributed by atoms with Crippen molar-refractivity contribution >= 4 is 23.3 Å². The molecule has 1 aliphatic heterocycles. The molecule has 0 unspecified atom stereocenters. The quantitative estimate of drug-likeness (QED) is 0.722. The molecule has 0 saturated carbocycles. The van der Waals surface area contributed by atoms with Crippen molar-refractivity contribution in [1.82, 2.24) is 15.1 Å². The molecule has 3 rings (SSSR count). The van der Waals surface area contributed by atoms with E-state index in [0.717, 1.165) is 12.0 Å². The molecule has 0 bridgehead atoms. The molecule has 1 atom stereocenters. The van der Waals surface area contributed by atoms with Crippen molar-refractivity contribution in [1.29, 1.82) is 0 Å². The fraction of sp³-hybridized carbons (Fsp3) is 0.455. The molecule has 0 spiro atoms. The van der Waals surface area contributed by atoms with Crippen molar-refractivity contribution in [3.05, 3.63) is 52.0 Å². The fourth-order valence-corrected chi connectivity index (χ4v) is 4.49. The first-order chi connectivity index (χ1) is 14.4. The summed E-state index contributed by atoms with van der Waals surface area (Å²) in [6.07, 6.45) is 0.786. The molecule has 8 heteroatoms. The van der Waals surface area contributed by atoms with Crippen LogP contribution in [0, 0.1) is 5.82 Å². The third-order valence-electron chi connectivity index (χ3n) is 5.15. The van der Waals surface area contributed by atoms with Crippen LogP contribution in [0.2, 0.25) is 0 Å². The van der Waals surface area contributed by atoms with E-state index >= 15 is 0 Å². The first-order valence-corrected chi connectivity index (χ1v) is 11.1. The monoisotopic (exact) mass is 433 g/mol. The Morgan fingerprint density at radius 3 is 2.70 bits per heavy atom. The van der Waals surface area contributed by atoms with E-state index in [1.807, 2.05) is 32.2 Å². The molecule has 0 radical (unpaired) electrons. The van der Waals surface area contributed by atoms with Crippen molar-refractivity contribution in [2.24, 2.45) is 0 Å². The lowest BCUT2D eigenvalue weighted by Gasteiger charge is -2.37. The minimum Gasteiger partial charge on any atom is -0.491 e. The van der Waals surface area contributed by atoms with Gasteiger partial charge in [-0.1, -0.05) is 0 Å². The van der Waals surface area contributed by atoms with Gasteiger partial charge in [0.1, 0.15) is 24.7 Å². The van der Waals surface area contributed by atoms with Crippen molar-refractivity contribution < 1.29 is 18.7 Å². The van der Waals surface area contributed by atoms with Gasteiger partial charge in [-0.05, 0) is 68.5 Å². The highest BCUT2D eigenvalue weighted by Gasteiger charge is 2.33.